The van der Waals surface area contributed by atoms with Gasteiger partial charge in [0.25, 0.3) is 0 Å². The molecule has 0 unspecified atom stereocenters. The number of amides is 3. The van der Waals surface area contributed by atoms with Crippen LogP contribution in [0.25, 0.3) is 10.9 Å². The molecule has 17 heteroatoms. The van der Waals surface area contributed by atoms with E-state index in [1.54, 1.807) is 8.99 Å². The van der Waals surface area contributed by atoms with Gasteiger partial charge in [-0.2, -0.15) is 13.9 Å². The highest BCUT2D eigenvalue weighted by atomic mass is 32.2. The van der Waals surface area contributed by atoms with Gasteiger partial charge in [0, 0.05) is 44.5 Å². The number of hydrogen-bond acceptors (Lipinski definition) is 10. The Balaban J connectivity index is 0.956. The van der Waals surface area contributed by atoms with Crippen LogP contribution < -0.4 is 20.3 Å². The standard InChI is InChI=1S/C31H41F2N9O5S/c1-20-16-25-26(39(2)38-28(25)42-14-8-27(43)37-31(42)44)17-24(20)21-4-10-40(11-5-21)9-3-15-48(45,46)41-12-6-22(7-13-41)36-30-34-18-23(19-35-30)47-29(32)33/h16-19,21-22,29H,3-15H2,1-2H3,(H,34,35,36)(H,37,43,44). The summed E-state index contributed by atoms with van der Waals surface area (Å²) in [6, 6.07) is 3.79. The van der Waals surface area contributed by atoms with E-state index in [-0.39, 0.29) is 35.8 Å². The highest BCUT2D eigenvalue weighted by Gasteiger charge is 2.31. The topological polar surface area (TPSA) is 155 Å². The second-order valence-corrected chi connectivity index (χ2v) is 14.7. The lowest BCUT2D eigenvalue weighted by Crippen LogP contribution is -2.49. The Morgan fingerprint density at radius 2 is 1.75 bits per heavy atom. The highest BCUT2D eigenvalue weighted by Crippen LogP contribution is 2.36. The van der Waals surface area contributed by atoms with Crippen molar-refractivity contribution >= 4 is 44.6 Å². The van der Waals surface area contributed by atoms with Crippen molar-refractivity contribution in [3.63, 3.8) is 0 Å². The molecule has 3 amide bonds. The van der Waals surface area contributed by atoms with Crippen LogP contribution in [0, 0.1) is 6.92 Å². The van der Waals surface area contributed by atoms with Crippen LogP contribution in [0.5, 0.6) is 5.75 Å². The van der Waals surface area contributed by atoms with E-state index in [1.165, 1.54) is 22.9 Å². The van der Waals surface area contributed by atoms with Gasteiger partial charge in [-0.25, -0.2) is 27.5 Å². The maximum atomic E-state index is 13.1. The molecule has 0 aliphatic carbocycles. The number of aryl methyl sites for hydroxylation is 2. The van der Waals surface area contributed by atoms with Crippen molar-refractivity contribution in [1.29, 1.82) is 0 Å². The lowest BCUT2D eigenvalue weighted by Gasteiger charge is -2.34. The largest absolute Gasteiger partial charge is 0.432 e. The minimum absolute atomic E-state index is 0.0213. The van der Waals surface area contributed by atoms with Crippen LogP contribution in [-0.4, -0.2) is 107 Å². The van der Waals surface area contributed by atoms with Gasteiger partial charge in [-0.1, -0.05) is 0 Å². The van der Waals surface area contributed by atoms with Gasteiger partial charge < -0.3 is 15.0 Å². The minimum atomic E-state index is -3.39. The second-order valence-electron chi connectivity index (χ2n) is 12.7. The van der Waals surface area contributed by atoms with E-state index >= 15 is 0 Å². The zero-order valence-corrected chi connectivity index (χ0v) is 27.9. The molecule has 3 aliphatic rings. The maximum Gasteiger partial charge on any atom is 0.387 e. The Kier molecular flexibility index (Phi) is 10.1. The molecule has 2 aromatic heterocycles. The first kappa shape index (κ1) is 33.9. The summed E-state index contributed by atoms with van der Waals surface area (Å²) in [6.45, 7) is 2.71. The van der Waals surface area contributed by atoms with Crippen molar-refractivity contribution in [2.24, 2.45) is 7.05 Å². The number of hydrogen-bond donors (Lipinski definition) is 2. The number of aromatic nitrogens is 4. The van der Waals surface area contributed by atoms with Crippen LogP contribution >= 0.6 is 0 Å². The van der Waals surface area contributed by atoms with E-state index in [1.807, 2.05) is 7.05 Å². The molecule has 1 aromatic carbocycles. The number of rotatable bonds is 11. The van der Waals surface area contributed by atoms with Gasteiger partial charge in [-0.05, 0) is 87.8 Å². The molecule has 3 aromatic rings. The predicted octanol–water partition coefficient (Wildman–Crippen LogP) is 3.20. The number of sulfonamides is 1. The fourth-order valence-electron chi connectivity index (χ4n) is 6.90. The number of nitrogens with one attached hydrogen (secondary N) is 2. The summed E-state index contributed by atoms with van der Waals surface area (Å²) in [6.07, 6.45) is 6.25. The Morgan fingerprint density at radius 1 is 1.04 bits per heavy atom. The number of nitrogens with zero attached hydrogens (tertiary/aromatic N) is 7. The number of likely N-dealkylation sites (tertiary alicyclic amines) is 1. The maximum absolute atomic E-state index is 13.1. The Bertz CT molecular complexity index is 1740. The monoisotopic (exact) mass is 689 g/mol. The highest BCUT2D eigenvalue weighted by molar-refractivity contribution is 7.89. The number of halogens is 2. The second kappa shape index (κ2) is 14.3. The third kappa shape index (κ3) is 7.68. The van der Waals surface area contributed by atoms with Gasteiger partial charge in [-0.15, -0.1) is 0 Å². The van der Waals surface area contributed by atoms with Gasteiger partial charge in [0.2, 0.25) is 21.9 Å². The molecule has 48 heavy (non-hydrogen) atoms. The normalized spacial score (nSPS) is 19.3. The number of urea groups is 1. The fourth-order valence-corrected chi connectivity index (χ4v) is 8.42. The Labute approximate surface area is 277 Å². The zero-order valence-electron chi connectivity index (χ0n) is 27.1. The molecule has 3 fully saturated rings. The number of benzene rings is 1. The molecule has 5 heterocycles. The van der Waals surface area contributed by atoms with Crippen LogP contribution in [0.2, 0.25) is 0 Å². The molecule has 260 valence electrons. The van der Waals surface area contributed by atoms with Crippen molar-refractivity contribution in [3.05, 3.63) is 35.7 Å². The van der Waals surface area contributed by atoms with E-state index in [2.05, 4.69) is 54.4 Å². The molecule has 3 saturated heterocycles. The summed E-state index contributed by atoms with van der Waals surface area (Å²) >= 11 is 0. The molecule has 0 bridgehead atoms. The first-order chi connectivity index (χ1) is 23.0. The smallest absolute Gasteiger partial charge is 0.387 e. The Hall–Kier alpha value is -3.96. The zero-order chi connectivity index (χ0) is 34.0. The first-order valence-electron chi connectivity index (χ1n) is 16.3. The van der Waals surface area contributed by atoms with Crippen molar-refractivity contribution in [1.82, 2.24) is 34.3 Å². The van der Waals surface area contributed by atoms with Crippen molar-refractivity contribution in [2.45, 2.75) is 64.0 Å². The molecule has 14 nitrogen and oxygen atoms in total. The predicted molar refractivity (Wildman–Crippen MR) is 175 cm³/mol. The average Bonchev–Trinajstić information content (AvgIpc) is 3.36. The first-order valence-corrected chi connectivity index (χ1v) is 17.9. The number of alkyl halides is 2. The van der Waals surface area contributed by atoms with Crippen LogP contribution in [-0.2, 0) is 21.9 Å². The average molecular weight is 690 g/mol. The molecular weight excluding hydrogens is 648 g/mol. The van der Waals surface area contributed by atoms with Gasteiger partial charge in [0.1, 0.15) is 0 Å². The summed E-state index contributed by atoms with van der Waals surface area (Å²) in [5, 5.41) is 11.0. The van der Waals surface area contributed by atoms with Crippen molar-refractivity contribution in [2.75, 3.05) is 55.2 Å². The van der Waals surface area contributed by atoms with E-state index in [4.69, 9.17) is 0 Å². The summed E-state index contributed by atoms with van der Waals surface area (Å²) < 4.78 is 58.5. The van der Waals surface area contributed by atoms with Crippen LogP contribution in [0.15, 0.2) is 24.5 Å². The van der Waals surface area contributed by atoms with E-state index in [9.17, 15) is 26.8 Å². The Morgan fingerprint density at radius 3 is 2.42 bits per heavy atom. The number of fused-ring (bicyclic) bond motifs is 1. The van der Waals surface area contributed by atoms with Gasteiger partial charge >= 0.3 is 12.6 Å². The number of piperidine rings is 2. The van der Waals surface area contributed by atoms with Gasteiger partial charge in [0.05, 0.1) is 23.7 Å². The van der Waals surface area contributed by atoms with Crippen molar-refractivity contribution < 1.29 is 31.5 Å². The lowest BCUT2D eigenvalue weighted by molar-refractivity contribution is -0.120. The third-order valence-corrected chi connectivity index (χ3v) is 11.4. The lowest BCUT2D eigenvalue weighted by atomic mass is 9.86. The van der Waals surface area contributed by atoms with Crippen LogP contribution in [0.4, 0.5) is 25.3 Å². The molecule has 0 saturated carbocycles. The number of anilines is 2. The van der Waals surface area contributed by atoms with E-state index in [0.29, 0.717) is 50.6 Å². The minimum Gasteiger partial charge on any atom is -0.432 e. The van der Waals surface area contributed by atoms with Gasteiger partial charge in [0.15, 0.2) is 11.6 Å². The molecular formula is C31H41F2N9O5S. The summed E-state index contributed by atoms with van der Waals surface area (Å²) in [7, 11) is -1.53. The summed E-state index contributed by atoms with van der Waals surface area (Å²) in [5.41, 5.74) is 3.34. The number of carbonyl (C=O) groups excluding carboxylic acids is 2. The quantitative estimate of drug-likeness (QED) is 0.307. The molecule has 0 radical (unpaired) electrons. The summed E-state index contributed by atoms with van der Waals surface area (Å²) in [5.74, 6) is 0.904. The fraction of sp³-hybridized carbons (Fsp3) is 0.581. The van der Waals surface area contributed by atoms with Crippen molar-refractivity contribution in [3.8, 4) is 5.75 Å². The van der Waals surface area contributed by atoms with Gasteiger partial charge in [-0.3, -0.25) is 19.7 Å². The third-order valence-electron chi connectivity index (χ3n) is 9.47. The van der Waals surface area contributed by atoms with Crippen LogP contribution in [0.1, 0.15) is 55.6 Å². The van der Waals surface area contributed by atoms with E-state index < -0.39 is 22.7 Å². The molecule has 0 atom stereocenters. The number of ether oxygens (including phenoxy) is 1. The molecule has 3 aliphatic heterocycles. The van der Waals surface area contributed by atoms with Crippen LogP contribution in [0.3, 0.4) is 0 Å². The SMILES string of the molecule is Cc1cc2c(N3CCC(=O)NC3=O)nn(C)c2cc1C1CCN(CCCS(=O)(=O)N2CCC(Nc3ncc(OC(F)F)cn3)CC2)CC1. The molecule has 6 rings (SSSR count). The number of imide groups is 1. The number of carbonyl (C=O) groups is 2. The summed E-state index contributed by atoms with van der Waals surface area (Å²) in [4.78, 5) is 36.0. The molecule has 2 N–H and O–H groups in total. The molecule has 0 spiro atoms. The van der Waals surface area contributed by atoms with E-state index in [0.717, 1.165) is 48.9 Å².